The predicted molar refractivity (Wildman–Crippen MR) is 74.9 cm³/mol. The van der Waals surface area contributed by atoms with E-state index in [0.717, 1.165) is 9.86 Å². The Balaban J connectivity index is 1.97. The highest BCUT2D eigenvalue weighted by molar-refractivity contribution is 9.10. The molecule has 2 amide bonds. The van der Waals surface area contributed by atoms with Crippen LogP contribution in [0.25, 0.3) is 11.0 Å². The van der Waals surface area contributed by atoms with Gasteiger partial charge < -0.3 is 15.1 Å². The van der Waals surface area contributed by atoms with Crippen LogP contribution >= 0.6 is 15.9 Å². The third kappa shape index (κ3) is 3.35. The normalized spacial score (nSPS) is 10.4. The summed E-state index contributed by atoms with van der Waals surface area (Å²) in [5.74, 6) is 0.0273. The van der Waals surface area contributed by atoms with Crippen molar-refractivity contribution in [1.82, 2.24) is 10.6 Å². The molecule has 0 aliphatic rings. The Kier molecular flexibility index (Phi) is 4.57. The van der Waals surface area contributed by atoms with E-state index >= 15 is 0 Å². The van der Waals surface area contributed by atoms with Crippen molar-refractivity contribution in [2.24, 2.45) is 0 Å². The fourth-order valence-corrected chi connectivity index (χ4v) is 2.14. The maximum Gasteiger partial charge on any atom is 0.287 e. The lowest BCUT2D eigenvalue weighted by Gasteiger charge is -2.01. The topological polar surface area (TPSA) is 71.3 Å². The van der Waals surface area contributed by atoms with Gasteiger partial charge in [0, 0.05) is 22.9 Å². The molecular weight excluding hydrogens is 312 g/mol. The molecule has 0 unspecified atom stereocenters. The molecule has 1 heterocycles. The maximum atomic E-state index is 11.8. The van der Waals surface area contributed by atoms with Crippen LogP contribution in [-0.2, 0) is 4.79 Å². The molecule has 0 radical (unpaired) electrons. The molecule has 0 spiro atoms. The Hall–Kier alpha value is -1.82. The average Bonchev–Trinajstić information content (AvgIpc) is 2.84. The van der Waals surface area contributed by atoms with Crippen molar-refractivity contribution in [3.8, 4) is 0 Å². The number of amides is 2. The highest BCUT2D eigenvalue weighted by Gasteiger charge is 2.12. The lowest BCUT2D eigenvalue weighted by molar-refractivity contribution is -0.109. The zero-order valence-corrected chi connectivity index (χ0v) is 11.7. The van der Waals surface area contributed by atoms with Gasteiger partial charge in [-0.1, -0.05) is 22.0 Å². The molecule has 0 saturated carbocycles. The molecule has 2 rings (SSSR count). The van der Waals surface area contributed by atoms with Gasteiger partial charge in [0.1, 0.15) is 5.58 Å². The van der Waals surface area contributed by atoms with E-state index in [1.54, 1.807) is 6.07 Å². The molecule has 0 aliphatic carbocycles. The first-order valence-corrected chi connectivity index (χ1v) is 6.65. The van der Waals surface area contributed by atoms with Crippen molar-refractivity contribution in [3.63, 3.8) is 0 Å². The summed E-state index contributed by atoms with van der Waals surface area (Å²) in [5, 5.41) is 6.13. The number of carbonyl (C=O) groups excluding carboxylic acids is 2. The second kappa shape index (κ2) is 6.38. The van der Waals surface area contributed by atoms with Crippen molar-refractivity contribution in [2.45, 2.75) is 6.42 Å². The number of fused-ring (bicyclic) bond motifs is 1. The van der Waals surface area contributed by atoms with Crippen LogP contribution < -0.4 is 10.6 Å². The number of hydrogen-bond donors (Lipinski definition) is 2. The number of carbonyl (C=O) groups is 2. The van der Waals surface area contributed by atoms with Gasteiger partial charge in [-0.25, -0.2) is 0 Å². The monoisotopic (exact) mass is 324 g/mol. The zero-order chi connectivity index (χ0) is 13.7. The van der Waals surface area contributed by atoms with Crippen LogP contribution in [0.4, 0.5) is 0 Å². The summed E-state index contributed by atoms with van der Waals surface area (Å²) in [6, 6.07) is 7.26. The molecule has 19 heavy (non-hydrogen) atoms. The number of furan rings is 1. The van der Waals surface area contributed by atoms with E-state index in [4.69, 9.17) is 4.42 Å². The van der Waals surface area contributed by atoms with Crippen molar-refractivity contribution >= 4 is 39.2 Å². The number of benzene rings is 1. The van der Waals surface area contributed by atoms with E-state index in [0.29, 0.717) is 31.5 Å². The van der Waals surface area contributed by atoms with Gasteiger partial charge >= 0.3 is 0 Å². The van der Waals surface area contributed by atoms with Crippen LogP contribution in [0.2, 0.25) is 0 Å². The van der Waals surface area contributed by atoms with Gasteiger partial charge in [-0.2, -0.15) is 0 Å². The molecular formula is C13H13BrN2O3. The minimum absolute atomic E-state index is 0.255. The summed E-state index contributed by atoms with van der Waals surface area (Å²) in [5.41, 5.74) is 0.669. The van der Waals surface area contributed by atoms with Crippen LogP contribution in [0.1, 0.15) is 17.0 Å². The van der Waals surface area contributed by atoms with E-state index in [1.165, 1.54) is 0 Å². The molecule has 5 nitrogen and oxygen atoms in total. The summed E-state index contributed by atoms with van der Waals surface area (Å²) in [4.78, 5) is 21.9. The van der Waals surface area contributed by atoms with E-state index in [-0.39, 0.29) is 11.7 Å². The Labute approximate surface area is 118 Å². The lowest BCUT2D eigenvalue weighted by Crippen LogP contribution is -2.26. The van der Waals surface area contributed by atoms with E-state index < -0.39 is 0 Å². The number of rotatable bonds is 6. The molecule has 1 aromatic carbocycles. The Morgan fingerprint density at radius 3 is 2.95 bits per heavy atom. The summed E-state index contributed by atoms with van der Waals surface area (Å²) in [7, 11) is 0. The molecule has 2 N–H and O–H groups in total. The predicted octanol–water partition coefficient (Wildman–Crippen LogP) is 2.06. The van der Waals surface area contributed by atoms with E-state index in [2.05, 4.69) is 26.6 Å². The van der Waals surface area contributed by atoms with Gasteiger partial charge in [0.15, 0.2) is 5.76 Å². The van der Waals surface area contributed by atoms with Crippen molar-refractivity contribution in [1.29, 1.82) is 0 Å². The summed E-state index contributed by atoms with van der Waals surface area (Å²) < 4.78 is 6.37. The minimum atomic E-state index is -0.255. The lowest BCUT2D eigenvalue weighted by atomic mass is 10.2. The number of hydrogen-bond acceptors (Lipinski definition) is 3. The van der Waals surface area contributed by atoms with Crippen molar-refractivity contribution in [3.05, 3.63) is 34.5 Å². The van der Waals surface area contributed by atoms with Crippen LogP contribution in [0.5, 0.6) is 0 Å². The van der Waals surface area contributed by atoms with Gasteiger partial charge in [-0.05, 0) is 24.6 Å². The second-order valence-corrected chi connectivity index (χ2v) is 4.80. The fourth-order valence-electron chi connectivity index (χ4n) is 1.68. The van der Waals surface area contributed by atoms with Crippen molar-refractivity contribution < 1.29 is 14.0 Å². The molecule has 6 heteroatoms. The molecule has 1 aromatic heterocycles. The zero-order valence-electron chi connectivity index (χ0n) is 10.1. The first kappa shape index (κ1) is 13.6. The summed E-state index contributed by atoms with van der Waals surface area (Å²) in [6.07, 6.45) is 1.31. The molecule has 0 fully saturated rings. The maximum absolute atomic E-state index is 11.8. The number of halogens is 1. The third-order valence-electron chi connectivity index (χ3n) is 2.60. The van der Waals surface area contributed by atoms with Crippen LogP contribution in [0.15, 0.2) is 33.2 Å². The largest absolute Gasteiger partial charge is 0.451 e. The second-order valence-electron chi connectivity index (χ2n) is 3.94. The first-order valence-electron chi connectivity index (χ1n) is 5.85. The Morgan fingerprint density at radius 1 is 1.37 bits per heavy atom. The molecule has 2 aromatic rings. The van der Waals surface area contributed by atoms with Crippen LogP contribution in [0, 0.1) is 0 Å². The third-order valence-corrected chi connectivity index (χ3v) is 3.29. The number of nitrogens with one attached hydrogen (secondary N) is 2. The van der Waals surface area contributed by atoms with Gasteiger partial charge in [0.2, 0.25) is 6.41 Å². The van der Waals surface area contributed by atoms with Crippen LogP contribution in [-0.4, -0.2) is 25.4 Å². The minimum Gasteiger partial charge on any atom is -0.451 e. The molecule has 0 saturated heterocycles. The van der Waals surface area contributed by atoms with E-state index in [1.807, 2.05) is 18.2 Å². The Bertz CT molecular complexity index is 595. The highest BCUT2D eigenvalue weighted by Crippen LogP contribution is 2.26. The van der Waals surface area contributed by atoms with Gasteiger partial charge in [0.25, 0.3) is 5.91 Å². The molecule has 0 aliphatic heterocycles. The fraction of sp³-hybridized carbons (Fsp3) is 0.231. The average molecular weight is 325 g/mol. The van der Waals surface area contributed by atoms with Gasteiger partial charge in [-0.15, -0.1) is 0 Å². The van der Waals surface area contributed by atoms with E-state index in [9.17, 15) is 9.59 Å². The molecule has 100 valence electrons. The molecule has 0 atom stereocenters. The smallest absolute Gasteiger partial charge is 0.287 e. The van der Waals surface area contributed by atoms with Crippen LogP contribution in [0.3, 0.4) is 0 Å². The summed E-state index contributed by atoms with van der Waals surface area (Å²) >= 11 is 3.41. The quantitative estimate of drug-likeness (QED) is 0.631. The SMILES string of the molecule is O=CNCCCNC(=O)c1cc2c(Br)cccc2o1. The highest BCUT2D eigenvalue weighted by atomic mass is 79.9. The van der Waals surface area contributed by atoms with Gasteiger partial charge in [-0.3, -0.25) is 9.59 Å². The Morgan fingerprint density at radius 2 is 2.21 bits per heavy atom. The molecule has 0 bridgehead atoms. The van der Waals surface area contributed by atoms with Crippen molar-refractivity contribution in [2.75, 3.05) is 13.1 Å². The van der Waals surface area contributed by atoms with Gasteiger partial charge in [0.05, 0.1) is 0 Å². The summed E-state index contributed by atoms with van der Waals surface area (Å²) in [6.45, 7) is 1.02. The standard InChI is InChI=1S/C13H13BrN2O3/c14-10-3-1-4-11-9(10)7-12(19-11)13(18)16-6-2-5-15-8-17/h1,3-4,7-8H,2,5-6H2,(H,15,17)(H,16,18). The first-order chi connectivity index (χ1) is 9.22.